The molecule has 172 valence electrons. The minimum Gasteiger partial charge on any atom is -0.0619 e. The maximum absolute atomic E-state index is 2.56. The summed E-state index contributed by atoms with van der Waals surface area (Å²) in [5.74, 6) is 4.54. The van der Waals surface area contributed by atoms with Gasteiger partial charge in [0.25, 0.3) is 0 Å². The van der Waals surface area contributed by atoms with Crippen LogP contribution >= 0.6 is 0 Å². The molecule has 2 saturated carbocycles. The molecule has 2 aliphatic rings. The molecule has 0 amide bonds. The van der Waals surface area contributed by atoms with Crippen molar-refractivity contribution in [3.8, 4) is 0 Å². The summed E-state index contributed by atoms with van der Waals surface area (Å²) in [4.78, 5) is 0. The molecule has 2 atom stereocenters. The van der Waals surface area contributed by atoms with E-state index < -0.39 is 0 Å². The molecule has 2 unspecified atom stereocenters. The van der Waals surface area contributed by atoms with E-state index in [1.54, 1.807) is 0 Å². The van der Waals surface area contributed by atoms with Crippen molar-refractivity contribution in [2.75, 3.05) is 0 Å². The zero-order valence-corrected chi connectivity index (χ0v) is 22.3. The lowest BCUT2D eigenvalue weighted by atomic mass is 9.55. The number of unbranched alkanes of at least 4 members (excludes halogenated alkanes) is 1. The van der Waals surface area contributed by atoms with Gasteiger partial charge in [-0.15, -0.1) is 0 Å². The van der Waals surface area contributed by atoms with Gasteiger partial charge in [0.2, 0.25) is 0 Å². The summed E-state index contributed by atoms with van der Waals surface area (Å²) in [6.07, 6.45) is 13.1. The van der Waals surface area contributed by atoms with Gasteiger partial charge >= 0.3 is 0 Å². The maximum atomic E-state index is 2.56. The molecule has 0 radical (unpaired) electrons. The molecule has 0 heterocycles. The summed E-state index contributed by atoms with van der Waals surface area (Å²) < 4.78 is 0. The van der Waals surface area contributed by atoms with Crippen molar-refractivity contribution in [1.82, 2.24) is 0 Å². The summed E-state index contributed by atoms with van der Waals surface area (Å²) in [5.41, 5.74) is 1.99. The molecule has 0 aromatic heterocycles. The molecule has 0 bridgehead atoms. The Morgan fingerprint density at radius 3 is 1.41 bits per heavy atom. The molecule has 0 aromatic carbocycles. The van der Waals surface area contributed by atoms with Crippen molar-refractivity contribution in [1.29, 1.82) is 0 Å². The molecule has 0 N–H and O–H groups in total. The van der Waals surface area contributed by atoms with Crippen LogP contribution in [0.4, 0.5) is 0 Å². The molecule has 0 aromatic rings. The highest BCUT2D eigenvalue weighted by Gasteiger charge is 2.44. The van der Waals surface area contributed by atoms with E-state index in [1.807, 2.05) is 0 Å². The first-order valence-electron chi connectivity index (χ1n) is 13.0. The van der Waals surface area contributed by atoms with Gasteiger partial charge in [0.1, 0.15) is 0 Å². The van der Waals surface area contributed by atoms with Crippen LogP contribution in [0.3, 0.4) is 0 Å². The molecule has 0 nitrogen and oxygen atoms in total. The summed E-state index contributed by atoms with van der Waals surface area (Å²) in [5, 5.41) is 0. The smallest absolute Gasteiger partial charge is 0.0334 e. The lowest BCUT2D eigenvalue weighted by Crippen LogP contribution is -2.42. The summed E-state index contributed by atoms with van der Waals surface area (Å²) >= 11 is 0. The van der Waals surface area contributed by atoms with E-state index in [0.717, 1.165) is 29.6 Å². The highest BCUT2D eigenvalue weighted by atomic mass is 14.5. The predicted molar refractivity (Wildman–Crippen MR) is 131 cm³/mol. The van der Waals surface area contributed by atoms with Gasteiger partial charge in [-0.25, -0.2) is 0 Å². The Kier molecular flexibility index (Phi) is 7.72. The SMILES string of the molecule is CC1C(C(C)(C)C)CC(CCCCC2CC(C)(C)CC(C)(C)C2)CC1C(C)(C)C. The Labute approximate surface area is 185 Å². The third kappa shape index (κ3) is 7.28. The highest BCUT2D eigenvalue weighted by Crippen LogP contribution is 2.53. The monoisotopic (exact) mass is 404 g/mol. The Hall–Kier alpha value is 0. The third-order valence-electron chi connectivity index (χ3n) is 8.78. The second-order valence-corrected chi connectivity index (χ2v) is 15.2. The quantitative estimate of drug-likeness (QED) is 0.400. The van der Waals surface area contributed by atoms with Crippen molar-refractivity contribution in [3.05, 3.63) is 0 Å². The van der Waals surface area contributed by atoms with Crippen LogP contribution in [0.5, 0.6) is 0 Å². The normalized spacial score (nSPS) is 33.6. The predicted octanol–water partition coefficient (Wildman–Crippen LogP) is 9.77. The van der Waals surface area contributed by atoms with Crippen LogP contribution in [0, 0.1) is 51.2 Å². The van der Waals surface area contributed by atoms with Crippen molar-refractivity contribution in [2.45, 2.75) is 134 Å². The van der Waals surface area contributed by atoms with Crippen molar-refractivity contribution in [2.24, 2.45) is 51.2 Å². The molecule has 2 fully saturated rings. The van der Waals surface area contributed by atoms with E-state index in [-0.39, 0.29) is 0 Å². The van der Waals surface area contributed by atoms with Gasteiger partial charge in [-0.1, -0.05) is 102 Å². The van der Waals surface area contributed by atoms with Crippen LogP contribution in [0.15, 0.2) is 0 Å². The first-order chi connectivity index (χ1) is 13.0. The van der Waals surface area contributed by atoms with Gasteiger partial charge < -0.3 is 0 Å². The van der Waals surface area contributed by atoms with E-state index >= 15 is 0 Å². The summed E-state index contributed by atoms with van der Waals surface area (Å²) in [6.45, 7) is 27.5. The molecule has 0 aliphatic heterocycles. The topological polar surface area (TPSA) is 0 Å². The Morgan fingerprint density at radius 1 is 0.655 bits per heavy atom. The van der Waals surface area contributed by atoms with Crippen molar-refractivity contribution in [3.63, 3.8) is 0 Å². The average molecular weight is 405 g/mol. The average Bonchev–Trinajstić information content (AvgIpc) is 2.47. The summed E-state index contributed by atoms with van der Waals surface area (Å²) in [7, 11) is 0. The molecule has 2 aliphatic carbocycles. The second-order valence-electron chi connectivity index (χ2n) is 15.2. The van der Waals surface area contributed by atoms with Gasteiger partial charge in [0.05, 0.1) is 0 Å². The minimum absolute atomic E-state index is 0.445. The Bertz CT molecular complexity index is 469. The first-order valence-corrected chi connectivity index (χ1v) is 13.0. The Balaban J connectivity index is 1.89. The highest BCUT2D eigenvalue weighted by molar-refractivity contribution is 4.94. The van der Waals surface area contributed by atoms with Crippen LogP contribution in [-0.2, 0) is 0 Å². The largest absolute Gasteiger partial charge is 0.0619 e. The van der Waals surface area contributed by atoms with Crippen LogP contribution in [0.1, 0.15) is 134 Å². The fourth-order valence-electron chi connectivity index (χ4n) is 8.19. The number of hydrogen-bond acceptors (Lipinski definition) is 0. The fourth-order valence-corrected chi connectivity index (χ4v) is 8.19. The maximum Gasteiger partial charge on any atom is -0.0334 e. The fraction of sp³-hybridized carbons (Fsp3) is 1.00. The van der Waals surface area contributed by atoms with E-state index in [9.17, 15) is 0 Å². The number of rotatable bonds is 5. The molecule has 0 heteroatoms. The summed E-state index contributed by atoms with van der Waals surface area (Å²) in [6, 6.07) is 0. The standard InChI is InChI=1S/C29H56/c1-21-24(26(2,3)4)16-22(17-25(21)27(5,6)7)14-12-13-15-23-18-28(8,9)20-29(10,11)19-23/h21-25H,12-20H2,1-11H3. The molecular weight excluding hydrogens is 348 g/mol. The van der Waals surface area contributed by atoms with Gasteiger partial charge in [-0.05, 0) is 83.4 Å². The Morgan fingerprint density at radius 2 is 1.03 bits per heavy atom. The van der Waals surface area contributed by atoms with Crippen LogP contribution in [-0.4, -0.2) is 0 Å². The van der Waals surface area contributed by atoms with Gasteiger partial charge in [-0.2, -0.15) is 0 Å². The van der Waals surface area contributed by atoms with Crippen LogP contribution in [0.2, 0.25) is 0 Å². The third-order valence-corrected chi connectivity index (χ3v) is 8.78. The van der Waals surface area contributed by atoms with E-state index in [0.29, 0.717) is 21.7 Å². The molecular formula is C29H56. The lowest BCUT2D eigenvalue weighted by Gasteiger charge is -2.50. The van der Waals surface area contributed by atoms with Gasteiger partial charge in [0.15, 0.2) is 0 Å². The van der Waals surface area contributed by atoms with Crippen LogP contribution in [0.25, 0.3) is 0 Å². The molecule has 0 saturated heterocycles. The zero-order chi connectivity index (χ0) is 22.3. The van der Waals surface area contributed by atoms with Crippen molar-refractivity contribution >= 4 is 0 Å². The molecule has 29 heavy (non-hydrogen) atoms. The van der Waals surface area contributed by atoms with Gasteiger partial charge in [0, 0.05) is 0 Å². The van der Waals surface area contributed by atoms with E-state index in [4.69, 9.17) is 0 Å². The molecule has 0 spiro atoms. The van der Waals surface area contributed by atoms with Crippen LogP contribution < -0.4 is 0 Å². The minimum atomic E-state index is 0.445. The molecule has 2 rings (SSSR count). The lowest BCUT2D eigenvalue weighted by molar-refractivity contribution is -0.0112. The van der Waals surface area contributed by atoms with E-state index in [1.165, 1.54) is 57.8 Å². The number of hydrogen-bond donors (Lipinski definition) is 0. The van der Waals surface area contributed by atoms with E-state index in [2.05, 4.69) is 76.2 Å². The van der Waals surface area contributed by atoms with Crippen molar-refractivity contribution < 1.29 is 0 Å². The zero-order valence-electron chi connectivity index (χ0n) is 22.3. The second kappa shape index (κ2) is 8.86. The first kappa shape index (κ1) is 25.3. The van der Waals surface area contributed by atoms with Gasteiger partial charge in [-0.3, -0.25) is 0 Å².